The molecule has 1 heterocycles. The minimum absolute atomic E-state index is 0.0170. The second kappa shape index (κ2) is 8.62. The quantitative estimate of drug-likeness (QED) is 0.382. The molecule has 3 aromatic carbocycles. The number of rotatable bonds is 5. The van der Waals surface area contributed by atoms with E-state index in [0.29, 0.717) is 12.8 Å². The van der Waals surface area contributed by atoms with Crippen LogP contribution in [0.15, 0.2) is 66.7 Å². The summed E-state index contributed by atoms with van der Waals surface area (Å²) in [5.41, 5.74) is 3.97. The fraction of sp³-hybridized carbons (Fsp3) is 0.259. The Morgan fingerprint density at radius 2 is 1.76 bits per heavy atom. The highest BCUT2D eigenvalue weighted by Crippen LogP contribution is 2.35. The molecule has 0 radical (unpaired) electrons. The lowest BCUT2D eigenvalue weighted by molar-refractivity contribution is -0.140. The number of carboxylic acid groups (broad SMARTS) is 1. The molecular weight excluding hydrogens is 414 g/mol. The van der Waals surface area contributed by atoms with E-state index in [2.05, 4.69) is 16.7 Å². The maximum atomic E-state index is 12.8. The summed E-state index contributed by atoms with van der Waals surface area (Å²) in [4.78, 5) is 24.8. The predicted octanol–water partition coefficient (Wildman–Crippen LogP) is 5.51. The largest absolute Gasteiger partial charge is 0.480 e. The zero-order valence-corrected chi connectivity index (χ0v) is 18.5. The summed E-state index contributed by atoms with van der Waals surface area (Å²) < 4.78 is 2.00. The van der Waals surface area contributed by atoms with Gasteiger partial charge in [0.25, 0.3) is 0 Å². The second-order valence-electron chi connectivity index (χ2n) is 8.64. The Labute approximate surface area is 192 Å². The molecule has 168 valence electrons. The summed E-state index contributed by atoms with van der Waals surface area (Å²) in [6.07, 6.45) is 2.70. The highest BCUT2D eigenvalue weighted by Gasteiger charge is 2.30. The maximum absolute atomic E-state index is 12.8. The standard InChI is InChI=1S/C27H27N3O3/c1-2-23(26(31)32)30-24-13-6-5-11-20(24)21-16-18(14-15-25(21)30)28-27(33)29-22-12-7-9-17-8-3-4-10-19(17)22/h3-13,18,23H,2,14-16H2,1H3,(H,31,32)(H2,28,29,33)/t18-,23?/m1/s1. The van der Waals surface area contributed by atoms with Gasteiger partial charge >= 0.3 is 12.0 Å². The van der Waals surface area contributed by atoms with Crippen LogP contribution in [0, 0.1) is 0 Å². The van der Waals surface area contributed by atoms with Gasteiger partial charge in [-0.2, -0.15) is 0 Å². The van der Waals surface area contributed by atoms with Gasteiger partial charge in [-0.25, -0.2) is 9.59 Å². The van der Waals surface area contributed by atoms with Gasteiger partial charge in [-0.1, -0.05) is 61.5 Å². The Morgan fingerprint density at radius 1 is 1.03 bits per heavy atom. The van der Waals surface area contributed by atoms with Gasteiger partial charge in [0.1, 0.15) is 6.04 Å². The fourth-order valence-electron chi connectivity index (χ4n) is 5.17. The zero-order valence-electron chi connectivity index (χ0n) is 18.5. The summed E-state index contributed by atoms with van der Waals surface area (Å²) in [6, 6.07) is 21.0. The minimum Gasteiger partial charge on any atom is -0.480 e. The highest BCUT2D eigenvalue weighted by molar-refractivity contribution is 6.01. The van der Waals surface area contributed by atoms with Crippen LogP contribution >= 0.6 is 0 Å². The van der Waals surface area contributed by atoms with Crippen LogP contribution in [0.4, 0.5) is 10.5 Å². The monoisotopic (exact) mass is 441 g/mol. The number of aliphatic carboxylic acids is 1. The molecule has 1 unspecified atom stereocenters. The maximum Gasteiger partial charge on any atom is 0.326 e. The molecule has 1 aliphatic carbocycles. The summed E-state index contributed by atoms with van der Waals surface area (Å²) in [5, 5.41) is 19.1. The number of benzene rings is 3. The fourth-order valence-corrected chi connectivity index (χ4v) is 5.17. The average Bonchev–Trinajstić information content (AvgIpc) is 3.13. The van der Waals surface area contributed by atoms with Crippen LogP contribution in [-0.2, 0) is 17.6 Å². The first-order chi connectivity index (χ1) is 16.1. The minimum atomic E-state index is -0.809. The lowest BCUT2D eigenvalue weighted by Gasteiger charge is -2.26. The highest BCUT2D eigenvalue weighted by atomic mass is 16.4. The van der Waals surface area contributed by atoms with Crippen molar-refractivity contribution in [3.8, 4) is 0 Å². The third-order valence-electron chi connectivity index (χ3n) is 6.66. The van der Waals surface area contributed by atoms with Gasteiger partial charge in [-0.3, -0.25) is 0 Å². The van der Waals surface area contributed by atoms with Crippen LogP contribution in [0.3, 0.4) is 0 Å². The first kappa shape index (κ1) is 21.1. The number of fused-ring (bicyclic) bond motifs is 4. The average molecular weight is 442 g/mol. The Bertz CT molecular complexity index is 1350. The van der Waals surface area contributed by atoms with Crippen LogP contribution < -0.4 is 10.6 Å². The van der Waals surface area contributed by atoms with Crippen molar-refractivity contribution in [2.24, 2.45) is 0 Å². The van der Waals surface area contributed by atoms with E-state index in [0.717, 1.165) is 51.5 Å². The SMILES string of the molecule is CCC(C(=O)O)n1c2c(c3ccccc31)C[C@H](NC(=O)Nc1cccc3ccccc13)CC2. The molecule has 3 N–H and O–H groups in total. The van der Waals surface area contributed by atoms with Crippen molar-refractivity contribution >= 4 is 39.4 Å². The number of carboxylic acids is 1. The van der Waals surface area contributed by atoms with Crippen LogP contribution in [0.25, 0.3) is 21.7 Å². The van der Waals surface area contributed by atoms with Gasteiger partial charge in [0.2, 0.25) is 0 Å². The van der Waals surface area contributed by atoms with Crippen LogP contribution in [0.2, 0.25) is 0 Å². The molecule has 33 heavy (non-hydrogen) atoms. The number of hydrogen-bond donors (Lipinski definition) is 3. The Hall–Kier alpha value is -3.80. The molecule has 6 heteroatoms. The van der Waals surface area contributed by atoms with Crippen molar-refractivity contribution in [2.75, 3.05) is 5.32 Å². The van der Waals surface area contributed by atoms with Crippen LogP contribution in [-0.4, -0.2) is 27.7 Å². The molecule has 4 aromatic rings. The van der Waals surface area contributed by atoms with Gasteiger partial charge < -0.3 is 20.3 Å². The molecule has 6 nitrogen and oxygen atoms in total. The van der Waals surface area contributed by atoms with Gasteiger partial charge in [0.05, 0.1) is 5.69 Å². The third kappa shape index (κ3) is 3.82. The van der Waals surface area contributed by atoms with Crippen molar-refractivity contribution in [3.05, 3.63) is 78.0 Å². The second-order valence-corrected chi connectivity index (χ2v) is 8.64. The summed E-state index contributed by atoms with van der Waals surface area (Å²) in [5.74, 6) is -0.809. The van der Waals surface area contributed by atoms with Gasteiger partial charge in [-0.05, 0) is 48.8 Å². The smallest absolute Gasteiger partial charge is 0.326 e. The van der Waals surface area contributed by atoms with Crippen LogP contribution in [0.5, 0.6) is 0 Å². The molecule has 0 bridgehead atoms. The third-order valence-corrected chi connectivity index (χ3v) is 6.66. The molecule has 0 fully saturated rings. The number of nitrogens with zero attached hydrogens (tertiary/aromatic N) is 1. The van der Waals surface area contributed by atoms with E-state index in [4.69, 9.17) is 0 Å². The Balaban J connectivity index is 1.39. The number of carbonyl (C=O) groups excluding carboxylic acids is 1. The Morgan fingerprint density at radius 3 is 2.55 bits per heavy atom. The molecule has 0 saturated heterocycles. The van der Waals surface area contributed by atoms with E-state index >= 15 is 0 Å². The number of para-hydroxylation sites is 1. The van der Waals surface area contributed by atoms with Gasteiger partial charge in [0, 0.05) is 28.0 Å². The van der Waals surface area contributed by atoms with E-state index in [1.807, 2.05) is 72.2 Å². The summed E-state index contributed by atoms with van der Waals surface area (Å²) in [6.45, 7) is 1.91. The molecule has 2 atom stereocenters. The molecular formula is C27H27N3O3. The zero-order chi connectivity index (χ0) is 22.9. The molecule has 0 saturated carbocycles. The summed E-state index contributed by atoms with van der Waals surface area (Å²) >= 11 is 0. The number of carbonyl (C=O) groups is 2. The Kier molecular flexibility index (Phi) is 5.50. The van der Waals surface area contributed by atoms with Crippen molar-refractivity contribution < 1.29 is 14.7 Å². The first-order valence-corrected chi connectivity index (χ1v) is 11.5. The van der Waals surface area contributed by atoms with Gasteiger partial charge in [0.15, 0.2) is 0 Å². The number of hydrogen-bond acceptors (Lipinski definition) is 2. The molecule has 1 aliphatic rings. The van der Waals surface area contributed by atoms with Crippen molar-refractivity contribution in [1.29, 1.82) is 0 Å². The van der Waals surface area contributed by atoms with E-state index in [-0.39, 0.29) is 12.1 Å². The van der Waals surface area contributed by atoms with E-state index in [9.17, 15) is 14.7 Å². The summed E-state index contributed by atoms with van der Waals surface area (Å²) in [7, 11) is 0. The van der Waals surface area contributed by atoms with E-state index in [1.165, 1.54) is 0 Å². The van der Waals surface area contributed by atoms with Crippen LogP contribution in [0.1, 0.15) is 37.1 Å². The van der Waals surface area contributed by atoms with Crippen molar-refractivity contribution in [2.45, 2.75) is 44.7 Å². The number of amides is 2. The van der Waals surface area contributed by atoms with Crippen molar-refractivity contribution in [3.63, 3.8) is 0 Å². The van der Waals surface area contributed by atoms with E-state index < -0.39 is 12.0 Å². The van der Waals surface area contributed by atoms with Gasteiger partial charge in [-0.15, -0.1) is 0 Å². The molecule has 5 rings (SSSR count). The molecule has 0 aliphatic heterocycles. The number of aromatic nitrogens is 1. The number of nitrogens with one attached hydrogen (secondary N) is 2. The predicted molar refractivity (Wildman–Crippen MR) is 131 cm³/mol. The normalized spacial score (nSPS) is 16.3. The molecule has 2 amide bonds. The lowest BCUT2D eigenvalue weighted by Crippen LogP contribution is -2.41. The van der Waals surface area contributed by atoms with Crippen molar-refractivity contribution in [1.82, 2.24) is 9.88 Å². The van der Waals surface area contributed by atoms with E-state index in [1.54, 1.807) is 0 Å². The number of anilines is 1. The topological polar surface area (TPSA) is 83.4 Å². The molecule has 1 aromatic heterocycles. The first-order valence-electron chi connectivity index (χ1n) is 11.5. The number of urea groups is 1. The molecule has 0 spiro atoms. The lowest BCUT2D eigenvalue weighted by atomic mass is 9.91.